The number of amides is 2. The molecule has 2 amide bonds. The van der Waals surface area contributed by atoms with Crippen molar-refractivity contribution in [1.29, 1.82) is 0 Å². The van der Waals surface area contributed by atoms with Crippen LogP contribution in [0.5, 0.6) is 0 Å². The van der Waals surface area contributed by atoms with Crippen LogP contribution in [-0.4, -0.2) is 51.1 Å². The summed E-state index contributed by atoms with van der Waals surface area (Å²) in [6, 6.07) is 7.15. The van der Waals surface area contributed by atoms with Crippen LogP contribution < -0.4 is 5.73 Å². The molecule has 1 aromatic carbocycles. The number of nitrogens with zero attached hydrogens (tertiary/aromatic N) is 1. The summed E-state index contributed by atoms with van der Waals surface area (Å²) in [5, 5.41) is 9.49. The van der Waals surface area contributed by atoms with Crippen molar-refractivity contribution in [1.82, 2.24) is 4.90 Å². The topological polar surface area (TPSA) is 119 Å². The lowest BCUT2D eigenvalue weighted by Crippen LogP contribution is -2.49. The number of unbranched alkanes of at least 4 members (excludes halogenated alkanes) is 1. The van der Waals surface area contributed by atoms with Crippen molar-refractivity contribution in [2.24, 2.45) is 5.73 Å². The van der Waals surface area contributed by atoms with Crippen LogP contribution in [0.1, 0.15) is 24.8 Å². The maximum atomic E-state index is 12.5. The molecule has 1 aromatic rings. The fourth-order valence-electron chi connectivity index (χ4n) is 2.18. The smallest absolute Gasteiger partial charge is 0.420 e. The van der Waals surface area contributed by atoms with E-state index in [1.807, 2.05) is 0 Å². The molecule has 0 bridgehead atoms. The molecule has 0 radical (unpaired) electrons. The molecule has 1 atom stereocenters. The summed E-state index contributed by atoms with van der Waals surface area (Å²) in [4.78, 5) is 36.9. The van der Waals surface area contributed by atoms with Gasteiger partial charge in [0.15, 0.2) is 0 Å². The molecule has 1 rings (SSSR count). The van der Waals surface area contributed by atoms with E-state index in [1.165, 1.54) is 0 Å². The van der Waals surface area contributed by atoms with Gasteiger partial charge in [-0.15, -0.1) is 0 Å². The molecule has 0 unspecified atom stereocenters. The fourth-order valence-corrected chi connectivity index (χ4v) is 2.34. The monoisotopic (exact) mass is 454 g/mol. The first-order chi connectivity index (χ1) is 13.2. The van der Waals surface area contributed by atoms with Crippen molar-refractivity contribution in [3.05, 3.63) is 35.9 Å². The Morgan fingerprint density at radius 2 is 1.68 bits per heavy atom. The molecule has 0 heterocycles. The third kappa shape index (κ3) is 8.97. The number of imide groups is 1. The Morgan fingerprint density at radius 1 is 1.07 bits per heavy atom. The van der Waals surface area contributed by atoms with E-state index in [1.54, 1.807) is 30.3 Å². The van der Waals surface area contributed by atoms with Crippen molar-refractivity contribution in [2.75, 3.05) is 13.2 Å². The molecule has 11 heteroatoms. The zero-order chi connectivity index (χ0) is 21.2. The van der Waals surface area contributed by atoms with Gasteiger partial charge in [-0.25, -0.2) is 14.4 Å². The Labute approximate surface area is 177 Å². The lowest BCUT2D eigenvalue weighted by molar-refractivity contribution is -0.142. The van der Waals surface area contributed by atoms with Crippen LogP contribution >= 0.6 is 34.8 Å². The zero-order valence-corrected chi connectivity index (χ0v) is 17.1. The van der Waals surface area contributed by atoms with Gasteiger partial charge >= 0.3 is 18.2 Å². The molecule has 0 aliphatic heterocycles. The number of carboxylic acids is 1. The van der Waals surface area contributed by atoms with Gasteiger partial charge in [0.1, 0.15) is 19.3 Å². The lowest BCUT2D eigenvalue weighted by atomic mass is 10.1. The van der Waals surface area contributed by atoms with Crippen molar-refractivity contribution in [2.45, 2.75) is 35.7 Å². The Kier molecular flexibility index (Phi) is 10.4. The van der Waals surface area contributed by atoms with Gasteiger partial charge in [-0.05, 0) is 31.4 Å². The van der Waals surface area contributed by atoms with Gasteiger partial charge in [0.2, 0.25) is 3.79 Å². The predicted molar refractivity (Wildman–Crippen MR) is 104 cm³/mol. The van der Waals surface area contributed by atoms with Crippen LogP contribution in [-0.2, 0) is 20.9 Å². The average Bonchev–Trinajstić information content (AvgIpc) is 2.64. The molecule has 156 valence electrons. The van der Waals surface area contributed by atoms with E-state index < -0.39 is 34.6 Å². The third-order valence-electron chi connectivity index (χ3n) is 3.49. The van der Waals surface area contributed by atoms with Crippen LogP contribution in [0.3, 0.4) is 0 Å². The second kappa shape index (κ2) is 12.0. The van der Waals surface area contributed by atoms with Crippen molar-refractivity contribution >= 4 is 53.0 Å². The molecule has 0 spiro atoms. The highest BCUT2D eigenvalue weighted by molar-refractivity contribution is 6.67. The Balaban J connectivity index is 2.94. The number of hydrogen-bond acceptors (Lipinski definition) is 6. The number of hydrogen-bond donors (Lipinski definition) is 2. The minimum atomic E-state index is -1.92. The second-order valence-electron chi connectivity index (χ2n) is 5.72. The number of nitrogens with two attached hydrogens (primary N) is 1. The second-order valence-corrected chi connectivity index (χ2v) is 8.23. The van der Waals surface area contributed by atoms with Crippen molar-refractivity contribution in [3.8, 4) is 0 Å². The number of alkyl halides is 3. The molecule has 3 N–H and O–H groups in total. The molecular weight excluding hydrogens is 435 g/mol. The van der Waals surface area contributed by atoms with E-state index in [0.717, 1.165) is 0 Å². The molecule has 0 saturated heterocycles. The van der Waals surface area contributed by atoms with Crippen LogP contribution in [0.2, 0.25) is 0 Å². The van der Waals surface area contributed by atoms with E-state index in [0.29, 0.717) is 29.8 Å². The summed E-state index contributed by atoms with van der Waals surface area (Å²) >= 11 is 16.6. The van der Waals surface area contributed by atoms with Crippen LogP contribution in [0.15, 0.2) is 30.3 Å². The highest BCUT2D eigenvalue weighted by Gasteiger charge is 2.38. The molecular formula is C17H21Cl3N2O6. The number of halogens is 3. The predicted octanol–water partition coefficient (Wildman–Crippen LogP) is 3.71. The number of carbonyl (C=O) groups is 3. The van der Waals surface area contributed by atoms with E-state index >= 15 is 0 Å². The first-order valence-electron chi connectivity index (χ1n) is 8.32. The number of carbonyl (C=O) groups excluding carboxylic acids is 2. The van der Waals surface area contributed by atoms with Gasteiger partial charge in [0, 0.05) is 0 Å². The minimum Gasteiger partial charge on any atom is -0.480 e. The number of carboxylic acid groups (broad SMARTS) is 1. The molecule has 0 aliphatic carbocycles. The Bertz CT molecular complexity index is 654. The summed E-state index contributed by atoms with van der Waals surface area (Å²) in [5.74, 6) is -1.40. The first kappa shape index (κ1) is 24.3. The van der Waals surface area contributed by atoms with Crippen LogP contribution in [0.25, 0.3) is 0 Å². The van der Waals surface area contributed by atoms with Crippen LogP contribution in [0, 0.1) is 0 Å². The normalized spacial score (nSPS) is 12.1. The highest BCUT2D eigenvalue weighted by atomic mass is 35.6. The van der Waals surface area contributed by atoms with E-state index in [2.05, 4.69) is 0 Å². The number of aliphatic carboxylic acids is 1. The van der Waals surface area contributed by atoms with Gasteiger partial charge < -0.3 is 20.3 Å². The maximum Gasteiger partial charge on any atom is 0.420 e. The summed E-state index contributed by atoms with van der Waals surface area (Å²) in [6.45, 7) is -0.500. The first-order valence-corrected chi connectivity index (χ1v) is 9.45. The van der Waals surface area contributed by atoms with Gasteiger partial charge in [-0.2, -0.15) is 4.90 Å². The number of benzene rings is 1. The molecule has 8 nitrogen and oxygen atoms in total. The largest absolute Gasteiger partial charge is 0.480 e. The van der Waals surface area contributed by atoms with Gasteiger partial charge in [-0.3, -0.25) is 0 Å². The van der Waals surface area contributed by atoms with E-state index in [9.17, 15) is 19.5 Å². The summed E-state index contributed by atoms with van der Waals surface area (Å²) in [6.07, 6.45) is -1.62. The lowest BCUT2D eigenvalue weighted by Gasteiger charge is -2.26. The Hall–Kier alpha value is -1.74. The molecule has 0 aliphatic rings. The third-order valence-corrected chi connectivity index (χ3v) is 3.81. The van der Waals surface area contributed by atoms with E-state index in [4.69, 9.17) is 50.0 Å². The van der Waals surface area contributed by atoms with Crippen molar-refractivity contribution < 1.29 is 29.0 Å². The molecule has 0 aromatic heterocycles. The zero-order valence-electron chi connectivity index (χ0n) is 14.9. The van der Waals surface area contributed by atoms with Gasteiger partial charge in [-0.1, -0.05) is 65.1 Å². The SMILES string of the molecule is NCCCC[C@@H](C(=O)O)N(C(=O)OCc1ccccc1)C(=O)OCC(Cl)(Cl)Cl. The number of ether oxygens (including phenoxy) is 2. The minimum absolute atomic E-state index is 0.0319. The van der Waals surface area contributed by atoms with Crippen molar-refractivity contribution in [3.63, 3.8) is 0 Å². The van der Waals surface area contributed by atoms with Gasteiger partial charge in [0.25, 0.3) is 0 Å². The maximum absolute atomic E-state index is 12.5. The number of rotatable bonds is 9. The molecule has 28 heavy (non-hydrogen) atoms. The van der Waals surface area contributed by atoms with Crippen LogP contribution in [0.4, 0.5) is 9.59 Å². The molecule has 0 fully saturated rings. The quantitative estimate of drug-likeness (QED) is 0.430. The standard InChI is InChI=1S/C17H21Cl3N2O6/c18-17(19,20)11-28-16(26)22(13(14(23)24)8-4-5-9-21)15(25)27-10-12-6-2-1-3-7-12/h1-3,6-7,13H,4-5,8-11,21H2,(H,23,24)/t13-/m0/s1. The van der Waals surface area contributed by atoms with E-state index in [-0.39, 0.29) is 13.0 Å². The Morgan fingerprint density at radius 3 is 2.21 bits per heavy atom. The highest BCUT2D eigenvalue weighted by Crippen LogP contribution is 2.26. The summed E-state index contributed by atoms with van der Waals surface area (Å²) < 4.78 is 7.94. The van der Waals surface area contributed by atoms with Gasteiger partial charge in [0.05, 0.1) is 0 Å². The molecule has 0 saturated carbocycles. The fraction of sp³-hybridized carbons (Fsp3) is 0.471. The summed E-state index contributed by atoms with van der Waals surface area (Å²) in [5.41, 5.74) is 6.06. The average molecular weight is 456 g/mol. The summed E-state index contributed by atoms with van der Waals surface area (Å²) in [7, 11) is 0.